The molecule has 3 heterocycles. The highest BCUT2D eigenvalue weighted by Crippen LogP contribution is 2.40. The first-order chi connectivity index (χ1) is 13.0. The van der Waals surface area contributed by atoms with Crippen LogP contribution in [0.5, 0.6) is 0 Å². The summed E-state index contributed by atoms with van der Waals surface area (Å²) in [5, 5.41) is 3.44. The van der Waals surface area contributed by atoms with Gasteiger partial charge in [-0.1, -0.05) is 11.6 Å². The molecule has 0 aliphatic carbocycles. The van der Waals surface area contributed by atoms with Gasteiger partial charge in [-0.2, -0.15) is 0 Å². The predicted molar refractivity (Wildman–Crippen MR) is 107 cm³/mol. The average molecular weight is 404 g/mol. The Morgan fingerprint density at radius 1 is 1.22 bits per heavy atom. The maximum Gasteiger partial charge on any atom is 0.256 e. The van der Waals surface area contributed by atoms with E-state index in [1.807, 2.05) is 6.07 Å². The fourth-order valence-electron chi connectivity index (χ4n) is 3.10. The summed E-state index contributed by atoms with van der Waals surface area (Å²) in [6.07, 6.45) is 3.42. The number of aromatic nitrogens is 1. The summed E-state index contributed by atoms with van der Waals surface area (Å²) in [6.45, 7) is 1.50. The Morgan fingerprint density at radius 3 is 2.93 bits per heavy atom. The van der Waals surface area contributed by atoms with Gasteiger partial charge in [0.25, 0.3) is 11.8 Å². The Labute approximate surface area is 165 Å². The van der Waals surface area contributed by atoms with E-state index < -0.39 is 0 Å². The van der Waals surface area contributed by atoms with Crippen LogP contribution in [0.1, 0.15) is 21.6 Å². The predicted octanol–water partition coefficient (Wildman–Crippen LogP) is 3.36. The lowest BCUT2D eigenvalue weighted by molar-refractivity contribution is -0.110. The van der Waals surface area contributed by atoms with Crippen LogP contribution < -0.4 is 5.32 Å². The van der Waals surface area contributed by atoms with Crippen LogP contribution in [0.3, 0.4) is 0 Å². The number of hydrogen-bond donors (Lipinski definition) is 2. The minimum absolute atomic E-state index is 0.119. The molecule has 2 amide bonds. The lowest BCUT2D eigenvalue weighted by atomic mass is 10.0. The molecule has 0 unspecified atom stereocenters. The van der Waals surface area contributed by atoms with Gasteiger partial charge in [0.1, 0.15) is 0 Å². The number of rotatable bonds is 0. The average Bonchev–Trinajstić information content (AvgIpc) is 3.21. The number of anilines is 1. The van der Waals surface area contributed by atoms with Gasteiger partial charge < -0.3 is 19.9 Å². The molecule has 2 aliphatic heterocycles. The molecule has 8 heteroatoms. The lowest BCUT2D eigenvalue weighted by Gasteiger charge is -2.17. The number of thioether (sulfide) groups is 1. The van der Waals surface area contributed by atoms with Crippen molar-refractivity contribution in [2.75, 3.05) is 37.9 Å². The number of nitrogens with zero attached hydrogens (tertiary/aromatic N) is 1. The summed E-state index contributed by atoms with van der Waals surface area (Å²) >= 11 is 7.95. The molecule has 6 nitrogen and oxygen atoms in total. The summed E-state index contributed by atoms with van der Waals surface area (Å²) in [5.74, 6) is 0.402. The van der Waals surface area contributed by atoms with Crippen molar-refractivity contribution in [3.63, 3.8) is 0 Å². The zero-order chi connectivity index (χ0) is 19.0. The maximum atomic E-state index is 12.7. The van der Waals surface area contributed by atoms with Gasteiger partial charge in [0.05, 0.1) is 40.8 Å². The van der Waals surface area contributed by atoms with E-state index in [4.69, 9.17) is 16.3 Å². The molecule has 27 heavy (non-hydrogen) atoms. The molecule has 1 aromatic heterocycles. The highest BCUT2D eigenvalue weighted by Gasteiger charge is 2.27. The van der Waals surface area contributed by atoms with Crippen molar-refractivity contribution in [3.8, 4) is 0 Å². The van der Waals surface area contributed by atoms with Gasteiger partial charge in [-0.3, -0.25) is 9.59 Å². The first-order valence-corrected chi connectivity index (χ1v) is 9.91. The number of likely N-dealkylation sites (N-methyl/N-ethyl adjacent to an activating group) is 1. The highest BCUT2D eigenvalue weighted by atomic mass is 35.5. The quantitative estimate of drug-likeness (QED) is 0.707. The van der Waals surface area contributed by atoms with Gasteiger partial charge in [-0.15, -0.1) is 11.8 Å². The number of carbonyl (C=O) groups excluding carboxylic acids is 2. The van der Waals surface area contributed by atoms with Crippen molar-refractivity contribution in [2.45, 2.75) is 4.90 Å². The molecule has 0 fully saturated rings. The Morgan fingerprint density at radius 2 is 2.07 bits per heavy atom. The molecule has 2 aliphatic rings. The SMILES string of the molecule is CN1CCOCCSc2cc3c(cc2Cl)NC(=O)/C3=C\c2[nH]ccc2C1=O. The maximum absolute atomic E-state index is 12.7. The van der Waals surface area contributed by atoms with Crippen LogP contribution in [0.2, 0.25) is 5.02 Å². The van der Waals surface area contributed by atoms with E-state index in [0.29, 0.717) is 47.3 Å². The van der Waals surface area contributed by atoms with Crippen molar-refractivity contribution in [2.24, 2.45) is 0 Å². The zero-order valence-corrected chi connectivity index (χ0v) is 16.2. The zero-order valence-electron chi connectivity index (χ0n) is 14.7. The van der Waals surface area contributed by atoms with Crippen molar-refractivity contribution in [3.05, 3.63) is 46.2 Å². The van der Waals surface area contributed by atoms with E-state index in [1.165, 1.54) is 0 Å². The molecule has 2 bridgehead atoms. The molecule has 0 saturated carbocycles. The molecule has 2 N–H and O–H groups in total. The first kappa shape index (κ1) is 18.2. The number of nitrogens with one attached hydrogen (secondary N) is 2. The number of ether oxygens (including phenoxy) is 1. The third-order valence-corrected chi connectivity index (χ3v) is 6.00. The van der Waals surface area contributed by atoms with Crippen LogP contribution in [0.25, 0.3) is 11.6 Å². The Hall–Kier alpha value is -2.22. The Bertz CT molecular complexity index is 954. The van der Waals surface area contributed by atoms with E-state index in [1.54, 1.807) is 48.1 Å². The van der Waals surface area contributed by atoms with Crippen molar-refractivity contribution in [1.29, 1.82) is 0 Å². The largest absolute Gasteiger partial charge is 0.379 e. The standard InChI is InChI=1S/C19H18ClN3O3S/c1-23-4-5-26-6-7-27-17-9-12-13(18(24)22-16(12)10-14(17)20)8-15-11(19(23)25)2-3-21-15/h2-3,8-10,21H,4-7H2,1H3,(H,22,24)/b13-8-. The third-order valence-electron chi connectivity index (χ3n) is 4.56. The van der Waals surface area contributed by atoms with Crippen LogP contribution in [0.4, 0.5) is 5.69 Å². The van der Waals surface area contributed by atoms with Crippen LogP contribution in [-0.2, 0) is 9.53 Å². The fraction of sp³-hybridized carbons (Fsp3) is 0.263. The topological polar surface area (TPSA) is 74.4 Å². The fourth-order valence-corrected chi connectivity index (χ4v) is 4.25. The number of fused-ring (bicyclic) bond motifs is 2. The number of amides is 2. The van der Waals surface area contributed by atoms with Gasteiger partial charge in [-0.05, 0) is 24.3 Å². The first-order valence-electron chi connectivity index (χ1n) is 8.55. The van der Waals surface area contributed by atoms with Gasteiger partial charge in [0.15, 0.2) is 0 Å². The summed E-state index contributed by atoms with van der Waals surface area (Å²) in [4.78, 5) is 30.8. The normalized spacial score (nSPS) is 19.6. The van der Waals surface area contributed by atoms with E-state index >= 15 is 0 Å². The second-order valence-electron chi connectivity index (χ2n) is 6.33. The molecule has 1 aromatic carbocycles. The van der Waals surface area contributed by atoms with E-state index in [0.717, 1.165) is 16.2 Å². The number of halogens is 1. The van der Waals surface area contributed by atoms with Gasteiger partial charge >= 0.3 is 0 Å². The number of aromatic amines is 1. The monoisotopic (exact) mass is 403 g/mol. The molecule has 140 valence electrons. The summed E-state index contributed by atoms with van der Waals surface area (Å²) in [6, 6.07) is 5.41. The minimum Gasteiger partial charge on any atom is -0.379 e. The molecule has 0 radical (unpaired) electrons. The van der Waals surface area contributed by atoms with Gasteiger partial charge in [0, 0.05) is 36.0 Å². The molecular weight excluding hydrogens is 386 g/mol. The lowest BCUT2D eigenvalue weighted by Crippen LogP contribution is -2.30. The number of carbonyl (C=O) groups is 2. The number of benzene rings is 1. The smallest absolute Gasteiger partial charge is 0.256 e. The van der Waals surface area contributed by atoms with Gasteiger partial charge in [-0.25, -0.2) is 0 Å². The third kappa shape index (κ3) is 3.50. The molecule has 0 spiro atoms. The Balaban J connectivity index is 1.82. The summed E-state index contributed by atoms with van der Waals surface area (Å²) in [7, 11) is 1.74. The number of H-pyrrole nitrogens is 1. The Kier molecular flexibility index (Phi) is 4.99. The van der Waals surface area contributed by atoms with Gasteiger partial charge in [0.2, 0.25) is 0 Å². The molecule has 4 rings (SSSR count). The molecule has 2 aromatic rings. The minimum atomic E-state index is -0.211. The summed E-state index contributed by atoms with van der Waals surface area (Å²) < 4.78 is 5.64. The molecule has 0 atom stereocenters. The second-order valence-corrected chi connectivity index (χ2v) is 7.88. The highest BCUT2D eigenvalue weighted by molar-refractivity contribution is 7.99. The van der Waals surface area contributed by atoms with Crippen molar-refractivity contribution >= 4 is 52.5 Å². The number of hydrogen-bond acceptors (Lipinski definition) is 4. The van der Waals surface area contributed by atoms with Crippen molar-refractivity contribution < 1.29 is 14.3 Å². The summed E-state index contributed by atoms with van der Waals surface area (Å²) in [5.41, 5.74) is 3.09. The van der Waals surface area contributed by atoms with Crippen LogP contribution in [-0.4, -0.2) is 54.3 Å². The van der Waals surface area contributed by atoms with Crippen LogP contribution in [0.15, 0.2) is 29.3 Å². The van der Waals surface area contributed by atoms with E-state index in [2.05, 4.69) is 10.3 Å². The van der Waals surface area contributed by atoms with Crippen LogP contribution in [0, 0.1) is 0 Å². The second kappa shape index (κ2) is 7.42. The van der Waals surface area contributed by atoms with Crippen molar-refractivity contribution in [1.82, 2.24) is 9.88 Å². The van der Waals surface area contributed by atoms with E-state index in [-0.39, 0.29) is 11.8 Å². The van der Waals surface area contributed by atoms with Crippen LogP contribution >= 0.6 is 23.4 Å². The van der Waals surface area contributed by atoms with E-state index in [9.17, 15) is 9.59 Å². The molecule has 0 saturated heterocycles. The molecular formula is C19H18ClN3O3S.